The van der Waals surface area contributed by atoms with E-state index in [2.05, 4.69) is 30.8 Å². The van der Waals surface area contributed by atoms with Crippen LogP contribution >= 0.6 is 12.8 Å². The number of aryl methyl sites for hydroxylation is 1. The molecule has 0 saturated heterocycles. The van der Waals surface area contributed by atoms with Crippen LogP contribution in [0.5, 0.6) is 0 Å². The van der Waals surface area contributed by atoms with Gasteiger partial charge in [0.15, 0.2) is 0 Å². The first kappa shape index (κ1) is 9.75. The van der Waals surface area contributed by atoms with Gasteiger partial charge in [0, 0.05) is 19.5 Å². The zero-order valence-corrected chi connectivity index (χ0v) is 10.7. The fourth-order valence-electron chi connectivity index (χ4n) is 1.11. The van der Waals surface area contributed by atoms with Gasteiger partial charge in [0.2, 0.25) is 0 Å². The maximum Gasteiger partial charge on any atom is 0.106 e. The summed E-state index contributed by atoms with van der Waals surface area (Å²) in [7, 11) is 0. The second kappa shape index (κ2) is 3.59. The van der Waals surface area contributed by atoms with Gasteiger partial charge in [-0.15, -0.1) is 0 Å². The monoisotopic (exact) mass is 228 g/mol. The van der Waals surface area contributed by atoms with Crippen molar-refractivity contribution in [1.82, 2.24) is 8.96 Å². The molecule has 2 nitrogen and oxygen atoms in total. The van der Waals surface area contributed by atoms with Gasteiger partial charge in [0.25, 0.3) is 0 Å². The molecule has 0 fully saturated rings. The summed E-state index contributed by atoms with van der Waals surface area (Å²) in [6.07, 6.45) is 1.70. The number of hydrogen-bond donors (Lipinski definition) is 1. The van der Waals surface area contributed by atoms with Gasteiger partial charge < -0.3 is 0 Å². The molecule has 2 aromatic rings. The fourth-order valence-corrected chi connectivity index (χ4v) is 1.33. The van der Waals surface area contributed by atoms with Crippen molar-refractivity contribution in [2.45, 2.75) is 6.92 Å². The summed E-state index contributed by atoms with van der Waals surface area (Å²) >= 11 is 4.19. The largest absolute Gasteiger partial charge is 0.275 e. The first-order valence-corrected chi connectivity index (χ1v) is 3.80. The summed E-state index contributed by atoms with van der Waals surface area (Å²) in [5.41, 5.74) is 3.28. The van der Waals surface area contributed by atoms with E-state index in [4.69, 9.17) is 0 Å². The molecule has 0 atom stereocenters. The van der Waals surface area contributed by atoms with Gasteiger partial charge in [-0.25, -0.2) is 4.98 Å². The maximum atomic E-state index is 4.19. The van der Waals surface area contributed by atoms with E-state index < -0.39 is 0 Å². The maximum absolute atomic E-state index is 4.19. The number of imidazole rings is 1. The van der Waals surface area contributed by atoms with E-state index in [1.165, 1.54) is 5.56 Å². The van der Waals surface area contributed by atoms with Crippen LogP contribution in [0.2, 0.25) is 0 Å². The van der Waals surface area contributed by atoms with Crippen LogP contribution in [-0.4, -0.2) is 8.96 Å². The number of nitrogens with zero attached hydrogens (tertiary/aromatic N) is 2. The predicted octanol–water partition coefficient (Wildman–Crippen LogP) is 2.04. The van der Waals surface area contributed by atoms with Crippen molar-refractivity contribution >= 4 is 23.8 Å². The van der Waals surface area contributed by atoms with Crippen molar-refractivity contribution in [2.24, 2.45) is 0 Å². The second-order valence-electron chi connectivity index (χ2n) is 2.58. The standard InChI is InChI=1S/C8H8N2S.Zn/c1-6-2-3-8-7(4-6)9-5-10(8)11;/h2-5,11H,1H3;. The van der Waals surface area contributed by atoms with Crippen LogP contribution in [0.15, 0.2) is 24.5 Å². The molecule has 12 heavy (non-hydrogen) atoms. The molecule has 0 unspecified atom stereocenters. The van der Waals surface area contributed by atoms with Crippen LogP contribution in [0.25, 0.3) is 11.0 Å². The van der Waals surface area contributed by atoms with Crippen molar-refractivity contribution in [1.29, 1.82) is 0 Å². The van der Waals surface area contributed by atoms with Gasteiger partial charge in [-0.1, -0.05) is 18.9 Å². The van der Waals surface area contributed by atoms with Gasteiger partial charge in [0.1, 0.15) is 6.33 Å². The molecule has 0 bridgehead atoms. The van der Waals surface area contributed by atoms with E-state index in [0.29, 0.717) is 0 Å². The Kier molecular flexibility index (Phi) is 2.91. The summed E-state index contributed by atoms with van der Waals surface area (Å²) in [4.78, 5) is 4.17. The van der Waals surface area contributed by atoms with Crippen LogP contribution in [0.3, 0.4) is 0 Å². The molecule has 4 heteroatoms. The first-order valence-electron chi connectivity index (χ1n) is 3.40. The van der Waals surface area contributed by atoms with E-state index in [1.54, 1.807) is 10.3 Å². The van der Waals surface area contributed by atoms with E-state index in [0.717, 1.165) is 11.0 Å². The molecule has 0 radical (unpaired) electrons. The Morgan fingerprint density at radius 1 is 1.42 bits per heavy atom. The minimum Gasteiger partial charge on any atom is -0.275 e. The number of aromatic nitrogens is 2. The SMILES string of the molecule is Cc1ccc2c(c1)ncn2S.[Zn]. The van der Waals surface area contributed by atoms with E-state index >= 15 is 0 Å². The molecule has 58 valence electrons. The average Bonchev–Trinajstić information content (AvgIpc) is 2.32. The molecule has 0 saturated carbocycles. The minimum atomic E-state index is 0. The molecule has 0 aliphatic heterocycles. The molecular weight excluding hydrogens is 222 g/mol. The Morgan fingerprint density at radius 2 is 2.17 bits per heavy atom. The topological polar surface area (TPSA) is 17.8 Å². The number of benzene rings is 1. The van der Waals surface area contributed by atoms with Gasteiger partial charge in [-0.05, 0) is 24.6 Å². The summed E-state index contributed by atoms with van der Waals surface area (Å²) in [5.74, 6) is 0. The first-order chi connectivity index (χ1) is 5.27. The molecule has 1 aromatic carbocycles. The van der Waals surface area contributed by atoms with Crippen LogP contribution in [-0.2, 0) is 19.5 Å². The van der Waals surface area contributed by atoms with Crippen LogP contribution in [0, 0.1) is 6.92 Å². The third kappa shape index (κ3) is 1.55. The van der Waals surface area contributed by atoms with Gasteiger partial charge in [0.05, 0.1) is 11.0 Å². The Bertz CT molecular complexity index is 397. The van der Waals surface area contributed by atoms with Crippen molar-refractivity contribution in [3.05, 3.63) is 30.1 Å². The molecule has 0 spiro atoms. The summed E-state index contributed by atoms with van der Waals surface area (Å²) in [6.45, 7) is 2.05. The molecule has 0 N–H and O–H groups in total. The zero-order chi connectivity index (χ0) is 7.84. The second-order valence-corrected chi connectivity index (χ2v) is 3.01. The molecule has 1 aromatic heterocycles. The summed E-state index contributed by atoms with van der Waals surface area (Å²) in [5, 5.41) is 0. The molecule has 1 heterocycles. The van der Waals surface area contributed by atoms with E-state index in [-0.39, 0.29) is 19.5 Å². The van der Waals surface area contributed by atoms with Gasteiger partial charge in [-0.2, -0.15) is 0 Å². The molecule has 2 rings (SSSR count). The minimum absolute atomic E-state index is 0. The van der Waals surface area contributed by atoms with Crippen molar-refractivity contribution < 1.29 is 19.5 Å². The molecular formula is C8H8N2SZn. The van der Waals surface area contributed by atoms with Crippen LogP contribution in [0.4, 0.5) is 0 Å². The Labute approximate surface area is 89.3 Å². The number of fused-ring (bicyclic) bond motifs is 1. The smallest absolute Gasteiger partial charge is 0.106 e. The van der Waals surface area contributed by atoms with Crippen molar-refractivity contribution in [3.63, 3.8) is 0 Å². The van der Waals surface area contributed by atoms with Gasteiger partial charge >= 0.3 is 0 Å². The molecule has 0 aliphatic rings. The third-order valence-electron chi connectivity index (χ3n) is 1.68. The quantitative estimate of drug-likeness (QED) is 0.541. The Hall–Kier alpha value is -0.337. The van der Waals surface area contributed by atoms with Crippen molar-refractivity contribution in [3.8, 4) is 0 Å². The van der Waals surface area contributed by atoms with Crippen LogP contribution in [0.1, 0.15) is 5.56 Å². The van der Waals surface area contributed by atoms with Crippen molar-refractivity contribution in [2.75, 3.05) is 0 Å². The summed E-state index contributed by atoms with van der Waals surface area (Å²) < 4.78 is 1.72. The fraction of sp³-hybridized carbons (Fsp3) is 0.125. The third-order valence-corrected chi connectivity index (χ3v) is 2.00. The van der Waals surface area contributed by atoms with E-state index in [9.17, 15) is 0 Å². The average molecular weight is 230 g/mol. The zero-order valence-electron chi connectivity index (χ0n) is 6.86. The normalized spacial score (nSPS) is 9.83. The van der Waals surface area contributed by atoms with Gasteiger partial charge in [-0.3, -0.25) is 3.97 Å². The number of rotatable bonds is 0. The molecule has 0 aliphatic carbocycles. The Balaban J connectivity index is 0.000000720. The number of thiol groups is 1. The predicted molar refractivity (Wildman–Crippen MR) is 48.9 cm³/mol. The van der Waals surface area contributed by atoms with Crippen LogP contribution < -0.4 is 0 Å². The van der Waals surface area contributed by atoms with E-state index in [1.807, 2.05) is 12.1 Å². The molecule has 0 amide bonds. The summed E-state index contributed by atoms with van der Waals surface area (Å²) in [6, 6.07) is 6.11. The Morgan fingerprint density at radius 3 is 2.92 bits per heavy atom. The number of hydrogen-bond acceptors (Lipinski definition) is 2.